The number of benzene rings is 1. The fourth-order valence-electron chi connectivity index (χ4n) is 1.81. The molecule has 1 heterocycles. The SMILES string of the molecule is Cc1ccncc1CNc1c(N)cccc1C(=O)O. The van der Waals surface area contributed by atoms with Crippen LogP contribution in [0.1, 0.15) is 21.5 Å². The summed E-state index contributed by atoms with van der Waals surface area (Å²) in [5.41, 5.74) is 8.94. The van der Waals surface area contributed by atoms with E-state index in [1.807, 2.05) is 13.0 Å². The standard InChI is InChI=1S/C14H15N3O2/c1-9-5-6-16-7-10(9)8-17-13-11(14(18)19)3-2-4-12(13)15/h2-7,17H,8,15H2,1H3,(H,18,19). The van der Waals surface area contributed by atoms with Crippen molar-refractivity contribution in [1.82, 2.24) is 4.98 Å². The molecule has 0 radical (unpaired) electrons. The Hall–Kier alpha value is -2.56. The van der Waals surface area contributed by atoms with Gasteiger partial charge in [0.2, 0.25) is 0 Å². The summed E-state index contributed by atoms with van der Waals surface area (Å²) in [6.07, 6.45) is 3.47. The molecule has 1 aromatic carbocycles. The zero-order valence-electron chi connectivity index (χ0n) is 10.6. The Balaban J connectivity index is 2.25. The van der Waals surface area contributed by atoms with Gasteiger partial charge in [-0.2, -0.15) is 0 Å². The fourth-order valence-corrected chi connectivity index (χ4v) is 1.81. The molecule has 0 saturated carbocycles. The van der Waals surface area contributed by atoms with Gasteiger partial charge in [0.15, 0.2) is 0 Å². The molecule has 0 spiro atoms. The van der Waals surface area contributed by atoms with Crippen LogP contribution in [0.15, 0.2) is 36.7 Å². The second-order valence-electron chi connectivity index (χ2n) is 4.23. The number of carbonyl (C=O) groups is 1. The Labute approximate surface area is 111 Å². The van der Waals surface area contributed by atoms with Crippen molar-refractivity contribution in [2.45, 2.75) is 13.5 Å². The summed E-state index contributed by atoms with van der Waals surface area (Å²) in [6.45, 7) is 2.46. The van der Waals surface area contributed by atoms with Crippen LogP contribution < -0.4 is 11.1 Å². The van der Waals surface area contributed by atoms with E-state index in [2.05, 4.69) is 10.3 Å². The molecule has 0 aliphatic heterocycles. The summed E-state index contributed by atoms with van der Waals surface area (Å²) in [6, 6.07) is 6.73. The number of nitrogens with zero attached hydrogens (tertiary/aromatic N) is 1. The van der Waals surface area contributed by atoms with Crippen LogP contribution in [-0.4, -0.2) is 16.1 Å². The Morgan fingerprint density at radius 1 is 1.42 bits per heavy atom. The molecule has 0 unspecified atom stereocenters. The number of carboxylic acid groups (broad SMARTS) is 1. The van der Waals surface area contributed by atoms with Crippen molar-refractivity contribution in [1.29, 1.82) is 0 Å². The maximum Gasteiger partial charge on any atom is 0.337 e. The van der Waals surface area contributed by atoms with E-state index in [0.717, 1.165) is 11.1 Å². The van der Waals surface area contributed by atoms with Gasteiger partial charge in [0, 0.05) is 18.9 Å². The predicted molar refractivity (Wildman–Crippen MR) is 74.1 cm³/mol. The summed E-state index contributed by atoms with van der Waals surface area (Å²) in [5, 5.41) is 12.2. The number of aryl methyl sites for hydroxylation is 1. The van der Waals surface area contributed by atoms with E-state index in [0.29, 0.717) is 17.9 Å². The first-order chi connectivity index (χ1) is 9.09. The number of para-hydroxylation sites is 1. The molecular weight excluding hydrogens is 242 g/mol. The Kier molecular flexibility index (Phi) is 3.66. The number of rotatable bonds is 4. The average Bonchev–Trinajstić information content (AvgIpc) is 2.38. The van der Waals surface area contributed by atoms with Gasteiger partial charge in [-0.3, -0.25) is 4.98 Å². The van der Waals surface area contributed by atoms with Gasteiger partial charge in [-0.1, -0.05) is 6.07 Å². The molecule has 1 aromatic heterocycles. The van der Waals surface area contributed by atoms with Crippen LogP contribution in [0.2, 0.25) is 0 Å². The number of hydrogen-bond acceptors (Lipinski definition) is 4. The van der Waals surface area contributed by atoms with E-state index in [4.69, 9.17) is 10.8 Å². The van der Waals surface area contributed by atoms with Gasteiger partial charge in [0.05, 0.1) is 16.9 Å². The first kappa shape index (κ1) is 12.9. The van der Waals surface area contributed by atoms with Crippen LogP contribution in [-0.2, 0) is 6.54 Å². The number of nitrogen functional groups attached to an aromatic ring is 1. The van der Waals surface area contributed by atoms with Crippen LogP contribution >= 0.6 is 0 Å². The zero-order chi connectivity index (χ0) is 13.8. The molecular formula is C14H15N3O2. The maximum atomic E-state index is 11.1. The topological polar surface area (TPSA) is 88.2 Å². The molecule has 0 bridgehead atoms. The Morgan fingerprint density at radius 3 is 2.89 bits per heavy atom. The molecule has 98 valence electrons. The summed E-state index contributed by atoms with van der Waals surface area (Å²) in [7, 11) is 0. The molecule has 0 atom stereocenters. The Morgan fingerprint density at radius 2 is 2.21 bits per heavy atom. The molecule has 5 heteroatoms. The second-order valence-corrected chi connectivity index (χ2v) is 4.23. The van der Waals surface area contributed by atoms with Gasteiger partial charge in [0.1, 0.15) is 0 Å². The van der Waals surface area contributed by atoms with Crippen molar-refractivity contribution in [2.24, 2.45) is 0 Å². The van der Waals surface area contributed by atoms with Gasteiger partial charge in [-0.25, -0.2) is 4.79 Å². The van der Waals surface area contributed by atoms with Gasteiger partial charge in [-0.05, 0) is 36.2 Å². The highest BCUT2D eigenvalue weighted by Gasteiger charge is 2.12. The lowest BCUT2D eigenvalue weighted by atomic mass is 10.1. The molecule has 5 nitrogen and oxygen atoms in total. The molecule has 0 aliphatic carbocycles. The molecule has 0 aliphatic rings. The van der Waals surface area contributed by atoms with E-state index in [1.54, 1.807) is 24.5 Å². The lowest BCUT2D eigenvalue weighted by Crippen LogP contribution is -2.09. The van der Waals surface area contributed by atoms with E-state index in [1.165, 1.54) is 6.07 Å². The van der Waals surface area contributed by atoms with Crippen LogP contribution in [0.4, 0.5) is 11.4 Å². The number of aromatic carboxylic acids is 1. The van der Waals surface area contributed by atoms with Crippen molar-refractivity contribution in [3.8, 4) is 0 Å². The average molecular weight is 257 g/mol. The molecule has 4 N–H and O–H groups in total. The lowest BCUT2D eigenvalue weighted by Gasteiger charge is -2.13. The monoisotopic (exact) mass is 257 g/mol. The molecule has 19 heavy (non-hydrogen) atoms. The highest BCUT2D eigenvalue weighted by molar-refractivity contribution is 5.97. The van der Waals surface area contributed by atoms with Gasteiger partial charge >= 0.3 is 5.97 Å². The van der Waals surface area contributed by atoms with E-state index < -0.39 is 5.97 Å². The van der Waals surface area contributed by atoms with Crippen molar-refractivity contribution in [3.63, 3.8) is 0 Å². The molecule has 0 saturated heterocycles. The van der Waals surface area contributed by atoms with Crippen LogP contribution in [0.3, 0.4) is 0 Å². The van der Waals surface area contributed by atoms with Crippen LogP contribution in [0, 0.1) is 6.92 Å². The first-order valence-electron chi connectivity index (χ1n) is 5.84. The van der Waals surface area contributed by atoms with E-state index >= 15 is 0 Å². The highest BCUT2D eigenvalue weighted by atomic mass is 16.4. The number of hydrogen-bond donors (Lipinski definition) is 3. The molecule has 2 aromatic rings. The van der Waals surface area contributed by atoms with Gasteiger partial charge in [-0.15, -0.1) is 0 Å². The highest BCUT2D eigenvalue weighted by Crippen LogP contribution is 2.24. The molecule has 0 amide bonds. The van der Waals surface area contributed by atoms with Crippen molar-refractivity contribution in [2.75, 3.05) is 11.1 Å². The first-order valence-corrected chi connectivity index (χ1v) is 5.84. The predicted octanol–water partition coefficient (Wildman–Crippen LogP) is 2.28. The van der Waals surface area contributed by atoms with Gasteiger partial charge in [0.25, 0.3) is 0 Å². The minimum atomic E-state index is -1.00. The minimum absolute atomic E-state index is 0.168. The number of pyridine rings is 1. The van der Waals surface area contributed by atoms with Crippen molar-refractivity contribution < 1.29 is 9.90 Å². The third-order valence-corrected chi connectivity index (χ3v) is 2.93. The number of nitrogens with two attached hydrogens (primary N) is 1. The second kappa shape index (κ2) is 5.39. The fraction of sp³-hybridized carbons (Fsp3) is 0.143. The summed E-state index contributed by atoms with van der Waals surface area (Å²) < 4.78 is 0. The summed E-state index contributed by atoms with van der Waals surface area (Å²) in [4.78, 5) is 15.2. The number of anilines is 2. The van der Waals surface area contributed by atoms with E-state index in [-0.39, 0.29) is 5.56 Å². The molecule has 2 rings (SSSR count). The smallest absolute Gasteiger partial charge is 0.337 e. The lowest BCUT2D eigenvalue weighted by molar-refractivity contribution is 0.0698. The zero-order valence-corrected chi connectivity index (χ0v) is 10.6. The number of carboxylic acids is 1. The number of nitrogens with one attached hydrogen (secondary N) is 1. The quantitative estimate of drug-likeness (QED) is 0.731. The largest absolute Gasteiger partial charge is 0.478 e. The third-order valence-electron chi connectivity index (χ3n) is 2.93. The molecule has 0 fully saturated rings. The van der Waals surface area contributed by atoms with Crippen molar-refractivity contribution in [3.05, 3.63) is 53.3 Å². The summed E-state index contributed by atoms with van der Waals surface area (Å²) in [5.74, 6) is -1.00. The third kappa shape index (κ3) is 2.82. The Bertz CT molecular complexity index is 611. The number of aromatic nitrogens is 1. The normalized spacial score (nSPS) is 10.2. The van der Waals surface area contributed by atoms with Crippen molar-refractivity contribution >= 4 is 17.3 Å². The maximum absolute atomic E-state index is 11.1. The van der Waals surface area contributed by atoms with E-state index in [9.17, 15) is 4.79 Å². The summed E-state index contributed by atoms with van der Waals surface area (Å²) >= 11 is 0. The minimum Gasteiger partial charge on any atom is -0.478 e. The van der Waals surface area contributed by atoms with Crippen LogP contribution in [0.5, 0.6) is 0 Å². The van der Waals surface area contributed by atoms with Crippen LogP contribution in [0.25, 0.3) is 0 Å². The van der Waals surface area contributed by atoms with Gasteiger partial charge < -0.3 is 16.2 Å².